The fraction of sp³-hybridized carbons (Fsp3) is 0.800. The zero-order valence-corrected chi connectivity index (χ0v) is 11.7. The van der Waals surface area contributed by atoms with Crippen molar-refractivity contribution in [2.24, 2.45) is 11.3 Å². The molecule has 2 aliphatic rings. The number of rotatable bonds is 1. The molecule has 1 aliphatic carbocycles. The molecule has 96 valence electrons. The van der Waals surface area contributed by atoms with Gasteiger partial charge in [-0.25, -0.2) is 0 Å². The van der Waals surface area contributed by atoms with E-state index in [0.29, 0.717) is 5.92 Å². The highest BCUT2D eigenvalue weighted by Crippen LogP contribution is 2.53. The summed E-state index contributed by atoms with van der Waals surface area (Å²) in [4.78, 5) is 11.7. The lowest BCUT2D eigenvalue weighted by atomic mass is 9.59. The molecule has 2 heteroatoms. The summed E-state index contributed by atoms with van der Waals surface area (Å²) in [5.41, 5.74) is 1.11. The van der Waals surface area contributed by atoms with E-state index in [2.05, 4.69) is 20.8 Å². The van der Waals surface area contributed by atoms with Gasteiger partial charge in [-0.05, 0) is 51.9 Å². The minimum Gasteiger partial charge on any atom is -0.491 e. The number of ether oxygens (including phenoxy) is 1. The van der Waals surface area contributed by atoms with Crippen LogP contribution in [0.3, 0.4) is 0 Å². The van der Waals surface area contributed by atoms with E-state index in [4.69, 9.17) is 4.74 Å². The molecule has 1 fully saturated rings. The quantitative estimate of drug-likeness (QED) is 0.691. The molecule has 1 heterocycles. The summed E-state index contributed by atoms with van der Waals surface area (Å²) >= 11 is 0. The Labute approximate surface area is 104 Å². The molecule has 2 atom stereocenters. The first-order valence-electron chi connectivity index (χ1n) is 6.66. The summed E-state index contributed by atoms with van der Waals surface area (Å²) in [7, 11) is 0. The Morgan fingerprint density at radius 1 is 1.29 bits per heavy atom. The van der Waals surface area contributed by atoms with Gasteiger partial charge in [-0.1, -0.05) is 13.8 Å². The second-order valence-electron chi connectivity index (χ2n) is 6.60. The maximum Gasteiger partial charge on any atom is 0.159 e. The Morgan fingerprint density at radius 2 is 1.94 bits per heavy atom. The third-order valence-corrected chi connectivity index (χ3v) is 4.82. The van der Waals surface area contributed by atoms with Crippen molar-refractivity contribution in [2.45, 2.75) is 65.9 Å². The predicted molar refractivity (Wildman–Crippen MR) is 68.6 cm³/mol. The van der Waals surface area contributed by atoms with Crippen LogP contribution in [0.5, 0.6) is 0 Å². The number of allylic oxidation sites excluding steroid dienone is 2. The second-order valence-corrected chi connectivity index (χ2v) is 6.60. The Kier molecular flexibility index (Phi) is 2.87. The Hall–Kier alpha value is -0.790. The van der Waals surface area contributed by atoms with Crippen LogP contribution >= 0.6 is 0 Å². The van der Waals surface area contributed by atoms with Crippen LogP contribution in [0.4, 0.5) is 0 Å². The van der Waals surface area contributed by atoms with E-state index in [9.17, 15) is 4.79 Å². The van der Waals surface area contributed by atoms with Crippen molar-refractivity contribution in [2.75, 3.05) is 0 Å². The van der Waals surface area contributed by atoms with Crippen molar-refractivity contribution in [1.29, 1.82) is 0 Å². The Balaban J connectivity index is 2.39. The van der Waals surface area contributed by atoms with Crippen LogP contribution in [-0.4, -0.2) is 11.4 Å². The van der Waals surface area contributed by atoms with E-state index in [-0.39, 0.29) is 16.8 Å². The van der Waals surface area contributed by atoms with Gasteiger partial charge in [0.1, 0.15) is 11.4 Å². The molecule has 0 spiro atoms. The molecular formula is C15H24O2. The van der Waals surface area contributed by atoms with Gasteiger partial charge >= 0.3 is 0 Å². The average Bonchev–Trinajstić information content (AvgIpc) is 2.14. The number of hydrogen-bond acceptors (Lipinski definition) is 2. The second kappa shape index (κ2) is 3.86. The van der Waals surface area contributed by atoms with Gasteiger partial charge in [0.15, 0.2) is 5.78 Å². The standard InChI is InChI=1S/C15H24O2/c1-10(16)12-9-13-14(3,4)7-6-8-15(13,5)17-11(12)2/h13H,6-9H2,1-5H3/t13-,15-/m0/s1. The van der Waals surface area contributed by atoms with E-state index in [0.717, 1.165) is 24.2 Å². The first-order valence-corrected chi connectivity index (χ1v) is 6.66. The van der Waals surface area contributed by atoms with Crippen molar-refractivity contribution in [3.63, 3.8) is 0 Å². The van der Waals surface area contributed by atoms with E-state index in [1.165, 1.54) is 12.8 Å². The SMILES string of the molecule is CC(=O)C1=C(C)O[C@@]2(C)CCCC(C)(C)[C@@H]2C1. The smallest absolute Gasteiger partial charge is 0.159 e. The fourth-order valence-corrected chi connectivity index (χ4v) is 3.84. The number of ketones is 1. The van der Waals surface area contributed by atoms with Crippen LogP contribution in [0.25, 0.3) is 0 Å². The molecule has 1 saturated carbocycles. The zero-order valence-electron chi connectivity index (χ0n) is 11.7. The maximum atomic E-state index is 11.7. The van der Waals surface area contributed by atoms with E-state index in [1.807, 2.05) is 6.92 Å². The van der Waals surface area contributed by atoms with Crippen LogP contribution in [0.2, 0.25) is 0 Å². The highest BCUT2D eigenvalue weighted by atomic mass is 16.5. The van der Waals surface area contributed by atoms with Crippen molar-refractivity contribution in [3.8, 4) is 0 Å². The maximum absolute atomic E-state index is 11.7. The molecule has 0 unspecified atom stereocenters. The summed E-state index contributed by atoms with van der Waals surface area (Å²) in [6, 6.07) is 0. The van der Waals surface area contributed by atoms with Crippen LogP contribution < -0.4 is 0 Å². The summed E-state index contributed by atoms with van der Waals surface area (Å²) in [6.45, 7) is 10.5. The first kappa shape index (κ1) is 12.7. The van der Waals surface area contributed by atoms with Gasteiger partial charge in [-0.2, -0.15) is 0 Å². The average molecular weight is 236 g/mol. The molecule has 0 N–H and O–H groups in total. The van der Waals surface area contributed by atoms with E-state index < -0.39 is 0 Å². The minimum absolute atomic E-state index is 0.0647. The van der Waals surface area contributed by atoms with Gasteiger partial charge in [0, 0.05) is 11.5 Å². The van der Waals surface area contributed by atoms with Gasteiger partial charge in [-0.15, -0.1) is 0 Å². The molecule has 0 bridgehead atoms. The van der Waals surface area contributed by atoms with Crippen molar-refractivity contribution >= 4 is 5.78 Å². The van der Waals surface area contributed by atoms with Crippen molar-refractivity contribution in [1.82, 2.24) is 0 Å². The normalized spacial score (nSPS) is 36.2. The molecule has 0 radical (unpaired) electrons. The number of carbonyl (C=O) groups is 1. The summed E-state index contributed by atoms with van der Waals surface area (Å²) in [5, 5.41) is 0. The number of carbonyl (C=O) groups excluding carboxylic acids is 1. The minimum atomic E-state index is -0.0647. The number of hydrogen-bond donors (Lipinski definition) is 0. The summed E-state index contributed by atoms with van der Waals surface area (Å²) in [6.07, 6.45) is 4.47. The Morgan fingerprint density at radius 3 is 2.53 bits per heavy atom. The van der Waals surface area contributed by atoms with E-state index in [1.54, 1.807) is 6.92 Å². The third-order valence-electron chi connectivity index (χ3n) is 4.82. The summed E-state index contributed by atoms with van der Waals surface area (Å²) < 4.78 is 6.15. The van der Waals surface area contributed by atoms with Gasteiger partial charge in [0.2, 0.25) is 0 Å². The molecule has 0 aromatic heterocycles. The van der Waals surface area contributed by atoms with E-state index >= 15 is 0 Å². The molecule has 17 heavy (non-hydrogen) atoms. The lowest BCUT2D eigenvalue weighted by Crippen LogP contribution is -2.51. The molecule has 2 rings (SSSR count). The van der Waals surface area contributed by atoms with Crippen LogP contribution in [-0.2, 0) is 9.53 Å². The van der Waals surface area contributed by atoms with Gasteiger partial charge in [0.25, 0.3) is 0 Å². The molecule has 0 aromatic carbocycles. The zero-order chi connectivity index (χ0) is 12.8. The monoisotopic (exact) mass is 236 g/mol. The molecular weight excluding hydrogens is 212 g/mol. The van der Waals surface area contributed by atoms with Crippen LogP contribution in [0, 0.1) is 11.3 Å². The topological polar surface area (TPSA) is 26.3 Å². The van der Waals surface area contributed by atoms with Gasteiger partial charge < -0.3 is 4.74 Å². The molecule has 2 nitrogen and oxygen atoms in total. The predicted octanol–water partition coefficient (Wildman–Crippen LogP) is 3.85. The molecule has 0 aromatic rings. The lowest BCUT2D eigenvalue weighted by Gasteiger charge is -2.53. The highest BCUT2D eigenvalue weighted by molar-refractivity contribution is 5.93. The first-order chi connectivity index (χ1) is 7.76. The van der Waals surface area contributed by atoms with Gasteiger partial charge in [0.05, 0.1) is 0 Å². The highest BCUT2D eigenvalue weighted by Gasteiger charge is 2.51. The third kappa shape index (κ3) is 2.02. The van der Waals surface area contributed by atoms with Crippen LogP contribution in [0.1, 0.15) is 60.3 Å². The Bertz CT molecular complexity index is 378. The number of fused-ring (bicyclic) bond motifs is 1. The van der Waals surface area contributed by atoms with Crippen LogP contribution in [0.15, 0.2) is 11.3 Å². The number of Topliss-reactive ketones (excluding diaryl/α,β-unsaturated/α-hetero) is 1. The van der Waals surface area contributed by atoms with Crippen molar-refractivity contribution in [3.05, 3.63) is 11.3 Å². The fourth-order valence-electron chi connectivity index (χ4n) is 3.84. The van der Waals surface area contributed by atoms with Gasteiger partial charge in [-0.3, -0.25) is 4.79 Å². The van der Waals surface area contributed by atoms with Crippen molar-refractivity contribution < 1.29 is 9.53 Å². The lowest BCUT2D eigenvalue weighted by molar-refractivity contribution is -0.128. The molecule has 0 amide bonds. The molecule has 1 aliphatic heterocycles. The molecule has 0 saturated heterocycles. The largest absolute Gasteiger partial charge is 0.491 e. The summed E-state index contributed by atoms with van der Waals surface area (Å²) in [5.74, 6) is 1.49.